The van der Waals surface area contributed by atoms with Gasteiger partial charge in [0.15, 0.2) is 5.78 Å². The molecule has 0 saturated heterocycles. The number of Topliss-reactive ketones (excluding diaryl/α,β-unsaturated/α-hetero) is 1. The van der Waals surface area contributed by atoms with Crippen LogP contribution in [0.25, 0.3) is 0 Å². The minimum Gasteiger partial charge on any atom is -0.481 e. The topological polar surface area (TPSA) is 94.8 Å². The van der Waals surface area contributed by atoms with E-state index in [-0.39, 0.29) is 34.9 Å². The Bertz CT molecular complexity index is 676. The summed E-state index contributed by atoms with van der Waals surface area (Å²) >= 11 is 0. The second-order valence-corrected chi connectivity index (χ2v) is 11.3. The second-order valence-electron chi connectivity index (χ2n) is 11.3. The first kappa shape index (κ1) is 21.3. The highest BCUT2D eigenvalue weighted by atomic mass is 16.4. The zero-order chi connectivity index (χ0) is 21.1. The summed E-state index contributed by atoms with van der Waals surface area (Å²) in [6.45, 7) is 6.79. The smallest absolute Gasteiger partial charge is 0.303 e. The molecular formula is C24H38O5. The molecule has 0 aromatic heterocycles. The van der Waals surface area contributed by atoms with E-state index in [0.717, 1.165) is 38.5 Å². The van der Waals surface area contributed by atoms with Crippen LogP contribution in [0, 0.1) is 46.3 Å². The molecule has 1 unspecified atom stereocenters. The fourth-order valence-electron chi connectivity index (χ4n) is 8.49. The van der Waals surface area contributed by atoms with Crippen molar-refractivity contribution in [3.63, 3.8) is 0 Å². The first-order valence-corrected chi connectivity index (χ1v) is 11.7. The zero-order valence-electron chi connectivity index (χ0n) is 18.1. The number of carboxylic acid groups (broad SMARTS) is 1. The molecule has 0 aliphatic heterocycles. The molecule has 4 fully saturated rings. The standard InChI is InChI=1S/C24H38O5/c1-13(4-7-19(26)27)15-5-6-16-20-17(9-11-23(15,16)2)24(3)10-8-14(25)12-18(24)21(28)22(20)29/h13-18,20-21,25,28H,4-12H2,1-3H3,(H,26,27)/t13-,14-,15-,16?,17+,18+,20+,21-,23-,24-/m1/s1. The van der Waals surface area contributed by atoms with Gasteiger partial charge >= 0.3 is 5.97 Å². The normalized spacial score (nSPS) is 50.4. The Kier molecular flexibility index (Phi) is 5.39. The highest BCUT2D eigenvalue weighted by Gasteiger charge is 2.65. The number of rotatable bonds is 4. The largest absolute Gasteiger partial charge is 0.481 e. The highest BCUT2D eigenvalue weighted by Crippen LogP contribution is 2.67. The molecule has 4 saturated carbocycles. The lowest BCUT2D eigenvalue weighted by molar-refractivity contribution is -0.184. The van der Waals surface area contributed by atoms with Crippen molar-refractivity contribution in [1.82, 2.24) is 0 Å². The number of hydrogen-bond donors (Lipinski definition) is 3. The quantitative estimate of drug-likeness (QED) is 0.662. The average Bonchev–Trinajstić information content (AvgIpc) is 3.02. The van der Waals surface area contributed by atoms with E-state index in [1.54, 1.807) is 0 Å². The number of carbonyl (C=O) groups is 2. The van der Waals surface area contributed by atoms with Crippen molar-refractivity contribution in [1.29, 1.82) is 0 Å². The van der Waals surface area contributed by atoms with Crippen molar-refractivity contribution in [3.8, 4) is 0 Å². The monoisotopic (exact) mass is 406 g/mol. The van der Waals surface area contributed by atoms with Gasteiger partial charge in [-0.1, -0.05) is 20.8 Å². The van der Waals surface area contributed by atoms with Crippen LogP contribution in [0.15, 0.2) is 0 Å². The first-order valence-electron chi connectivity index (χ1n) is 11.7. The van der Waals surface area contributed by atoms with E-state index >= 15 is 0 Å². The average molecular weight is 407 g/mol. The van der Waals surface area contributed by atoms with E-state index in [1.165, 1.54) is 0 Å². The Balaban J connectivity index is 1.60. The number of fused-ring (bicyclic) bond motifs is 5. The molecule has 0 bridgehead atoms. The molecule has 164 valence electrons. The van der Waals surface area contributed by atoms with Crippen molar-refractivity contribution in [2.24, 2.45) is 46.3 Å². The molecule has 5 nitrogen and oxygen atoms in total. The number of ketones is 1. The van der Waals surface area contributed by atoms with Crippen molar-refractivity contribution in [2.75, 3.05) is 0 Å². The fourth-order valence-corrected chi connectivity index (χ4v) is 8.49. The maximum atomic E-state index is 13.4. The summed E-state index contributed by atoms with van der Waals surface area (Å²) in [5.41, 5.74) is -0.00257. The predicted octanol–water partition coefficient (Wildman–Crippen LogP) is 3.66. The van der Waals surface area contributed by atoms with Gasteiger partial charge in [-0.25, -0.2) is 0 Å². The third-order valence-corrected chi connectivity index (χ3v) is 10.1. The summed E-state index contributed by atoms with van der Waals surface area (Å²) in [5.74, 6) is 0.511. The van der Waals surface area contributed by atoms with E-state index in [0.29, 0.717) is 36.5 Å². The Hall–Kier alpha value is -0.940. The number of carbonyl (C=O) groups excluding carboxylic acids is 1. The summed E-state index contributed by atoms with van der Waals surface area (Å²) in [6, 6.07) is 0. The van der Waals surface area contributed by atoms with Crippen molar-refractivity contribution >= 4 is 11.8 Å². The molecule has 4 aliphatic carbocycles. The van der Waals surface area contributed by atoms with E-state index in [9.17, 15) is 19.8 Å². The molecule has 0 radical (unpaired) electrons. The first-order chi connectivity index (χ1) is 13.6. The molecule has 29 heavy (non-hydrogen) atoms. The SMILES string of the molecule is C[C@H](CCC(=O)O)[C@H]1CCC2[C@@H]3C(=O)[C@H](O)[C@@H]4C[C@H](O)CC[C@]4(C)[C@H]3CC[C@@]21C. The summed E-state index contributed by atoms with van der Waals surface area (Å²) in [7, 11) is 0. The van der Waals surface area contributed by atoms with Gasteiger partial charge in [-0.15, -0.1) is 0 Å². The van der Waals surface area contributed by atoms with Gasteiger partial charge in [0, 0.05) is 18.3 Å². The zero-order valence-corrected chi connectivity index (χ0v) is 18.1. The molecule has 3 N–H and O–H groups in total. The van der Waals surface area contributed by atoms with Crippen LogP contribution in [0.4, 0.5) is 0 Å². The maximum Gasteiger partial charge on any atom is 0.303 e. The Labute approximate surface area is 174 Å². The lowest BCUT2D eigenvalue weighted by atomic mass is 9.43. The van der Waals surface area contributed by atoms with Gasteiger partial charge in [0.2, 0.25) is 0 Å². The van der Waals surface area contributed by atoms with Crippen LogP contribution in [0.5, 0.6) is 0 Å². The lowest BCUT2D eigenvalue weighted by Gasteiger charge is -2.61. The molecule has 10 atom stereocenters. The third-order valence-electron chi connectivity index (χ3n) is 10.1. The molecule has 0 amide bonds. The maximum absolute atomic E-state index is 13.4. The van der Waals surface area contributed by atoms with Gasteiger partial charge in [0.1, 0.15) is 6.10 Å². The molecule has 0 aromatic rings. The van der Waals surface area contributed by atoms with Gasteiger partial charge in [-0.2, -0.15) is 0 Å². The van der Waals surface area contributed by atoms with Gasteiger partial charge in [0.05, 0.1) is 6.10 Å². The van der Waals surface area contributed by atoms with Gasteiger partial charge in [-0.05, 0) is 85.9 Å². The van der Waals surface area contributed by atoms with Crippen molar-refractivity contribution in [2.45, 2.75) is 90.8 Å². The summed E-state index contributed by atoms with van der Waals surface area (Å²) in [6.07, 6.45) is 5.97. The summed E-state index contributed by atoms with van der Waals surface area (Å²) in [4.78, 5) is 24.5. The van der Waals surface area contributed by atoms with E-state index < -0.39 is 18.2 Å². The van der Waals surface area contributed by atoms with Crippen LogP contribution in [0.1, 0.15) is 78.6 Å². The summed E-state index contributed by atoms with van der Waals surface area (Å²) < 4.78 is 0. The highest BCUT2D eigenvalue weighted by molar-refractivity contribution is 5.87. The van der Waals surface area contributed by atoms with E-state index in [4.69, 9.17) is 5.11 Å². The van der Waals surface area contributed by atoms with E-state index in [2.05, 4.69) is 20.8 Å². The molecular weight excluding hydrogens is 368 g/mol. The van der Waals surface area contributed by atoms with E-state index in [1.807, 2.05) is 0 Å². The van der Waals surface area contributed by atoms with Gasteiger partial charge < -0.3 is 15.3 Å². The van der Waals surface area contributed by atoms with Crippen LogP contribution >= 0.6 is 0 Å². The predicted molar refractivity (Wildman–Crippen MR) is 109 cm³/mol. The molecule has 0 spiro atoms. The lowest BCUT2D eigenvalue weighted by Crippen LogP contribution is -2.62. The number of aliphatic hydroxyl groups excluding tert-OH is 2. The number of aliphatic hydroxyl groups is 2. The number of hydrogen-bond acceptors (Lipinski definition) is 4. The Morgan fingerprint density at radius 3 is 2.38 bits per heavy atom. The molecule has 4 rings (SSSR count). The number of aliphatic carboxylic acids is 1. The second kappa shape index (κ2) is 7.33. The molecule has 0 aromatic carbocycles. The van der Waals surface area contributed by atoms with Crippen LogP contribution in [-0.2, 0) is 9.59 Å². The Morgan fingerprint density at radius 2 is 1.69 bits per heavy atom. The van der Waals surface area contributed by atoms with Gasteiger partial charge in [0.25, 0.3) is 0 Å². The van der Waals surface area contributed by atoms with Gasteiger partial charge in [-0.3, -0.25) is 9.59 Å². The van der Waals surface area contributed by atoms with Crippen LogP contribution in [0.2, 0.25) is 0 Å². The van der Waals surface area contributed by atoms with Crippen molar-refractivity contribution < 1.29 is 24.9 Å². The van der Waals surface area contributed by atoms with Crippen LogP contribution < -0.4 is 0 Å². The number of carboxylic acids is 1. The Morgan fingerprint density at radius 1 is 1.03 bits per heavy atom. The molecule has 4 aliphatic rings. The minimum absolute atomic E-state index is 0.0290. The summed E-state index contributed by atoms with van der Waals surface area (Å²) in [5, 5.41) is 30.3. The minimum atomic E-state index is -0.943. The molecule has 0 heterocycles. The fraction of sp³-hybridized carbons (Fsp3) is 0.917. The molecule has 5 heteroatoms. The van der Waals surface area contributed by atoms with Crippen molar-refractivity contribution in [3.05, 3.63) is 0 Å². The van der Waals surface area contributed by atoms with Crippen LogP contribution in [-0.4, -0.2) is 39.3 Å². The third kappa shape index (κ3) is 3.18. The van der Waals surface area contributed by atoms with Crippen LogP contribution in [0.3, 0.4) is 0 Å².